The van der Waals surface area contributed by atoms with Crippen LogP contribution in [0.3, 0.4) is 0 Å². The van der Waals surface area contributed by atoms with E-state index >= 15 is 0 Å². The second-order valence-electron chi connectivity index (χ2n) is 3.15. The average molecular weight is 200 g/mol. The van der Waals surface area contributed by atoms with Crippen molar-refractivity contribution in [1.82, 2.24) is 0 Å². The Kier molecular flexibility index (Phi) is 2.99. The molecule has 0 aliphatic heterocycles. The van der Waals surface area contributed by atoms with Gasteiger partial charge in [0.15, 0.2) is 11.6 Å². The predicted octanol–water partition coefficient (Wildman–Crippen LogP) is 3.70. The quantitative estimate of drug-likeness (QED) is 0.638. The Hall–Kier alpha value is -1.25. The van der Waals surface area contributed by atoms with Crippen molar-refractivity contribution in [3.63, 3.8) is 0 Å². The highest BCUT2D eigenvalue weighted by atomic mass is 19.2. The van der Waals surface area contributed by atoms with Crippen LogP contribution in [0.5, 0.6) is 0 Å². The molecule has 0 saturated heterocycles. The maximum absolute atomic E-state index is 13.5. The molecule has 0 radical (unpaired) electrons. The van der Waals surface area contributed by atoms with Crippen LogP contribution >= 0.6 is 0 Å². The van der Waals surface area contributed by atoms with Gasteiger partial charge >= 0.3 is 0 Å². The maximum Gasteiger partial charge on any atom is 0.169 e. The van der Waals surface area contributed by atoms with Gasteiger partial charge in [0.25, 0.3) is 0 Å². The zero-order chi connectivity index (χ0) is 10.9. The monoisotopic (exact) mass is 200 g/mol. The van der Waals surface area contributed by atoms with E-state index in [1.54, 1.807) is 6.92 Å². The van der Waals surface area contributed by atoms with Gasteiger partial charge in [-0.1, -0.05) is 13.5 Å². The summed E-state index contributed by atoms with van der Waals surface area (Å²) >= 11 is 0. The standard InChI is InChI=1S/C11H11F3/c1-4-7-5-8(12)11(14)9(6(2)3)10(7)13/h5H,2,4H2,1,3H3. The summed E-state index contributed by atoms with van der Waals surface area (Å²) in [5.41, 5.74) is 0.0120. The molecule has 1 rings (SSSR count). The van der Waals surface area contributed by atoms with Crippen molar-refractivity contribution in [2.45, 2.75) is 20.3 Å². The van der Waals surface area contributed by atoms with Crippen molar-refractivity contribution in [1.29, 1.82) is 0 Å². The number of hydrogen-bond acceptors (Lipinski definition) is 0. The highest BCUT2D eigenvalue weighted by Crippen LogP contribution is 2.25. The second-order valence-corrected chi connectivity index (χ2v) is 3.15. The van der Waals surface area contributed by atoms with Crippen molar-refractivity contribution >= 4 is 5.57 Å². The molecule has 0 spiro atoms. The SMILES string of the molecule is C=C(C)c1c(F)c(F)cc(CC)c1F. The zero-order valence-corrected chi connectivity index (χ0v) is 8.13. The molecule has 0 fully saturated rings. The Morgan fingerprint density at radius 3 is 2.29 bits per heavy atom. The molecular formula is C11H11F3. The first-order chi connectivity index (χ1) is 6.49. The smallest absolute Gasteiger partial charge is 0.169 e. The molecule has 3 heteroatoms. The molecule has 0 nitrogen and oxygen atoms in total. The van der Waals surface area contributed by atoms with Gasteiger partial charge in [-0.15, -0.1) is 0 Å². The molecule has 76 valence electrons. The van der Waals surface area contributed by atoms with E-state index in [0.29, 0.717) is 6.42 Å². The molecule has 0 unspecified atom stereocenters. The Labute approximate surface area is 81.1 Å². The normalized spacial score (nSPS) is 10.4. The Balaban J connectivity index is 3.53. The summed E-state index contributed by atoms with van der Waals surface area (Å²) in [5.74, 6) is -2.90. The zero-order valence-electron chi connectivity index (χ0n) is 8.13. The summed E-state index contributed by atoms with van der Waals surface area (Å²) < 4.78 is 39.6. The molecule has 0 aliphatic carbocycles. The molecule has 0 aromatic heterocycles. The average Bonchev–Trinajstić information content (AvgIpc) is 2.11. The Bertz CT molecular complexity index is 381. The fourth-order valence-electron chi connectivity index (χ4n) is 1.29. The van der Waals surface area contributed by atoms with E-state index in [-0.39, 0.29) is 16.7 Å². The summed E-state index contributed by atoms with van der Waals surface area (Å²) in [6, 6.07) is 0.886. The van der Waals surface area contributed by atoms with Crippen LogP contribution in [0.15, 0.2) is 12.6 Å². The van der Waals surface area contributed by atoms with E-state index in [9.17, 15) is 13.2 Å². The molecule has 0 bridgehead atoms. The van der Waals surface area contributed by atoms with Gasteiger partial charge < -0.3 is 0 Å². The molecule has 14 heavy (non-hydrogen) atoms. The minimum absolute atomic E-state index is 0.168. The summed E-state index contributed by atoms with van der Waals surface area (Å²) in [4.78, 5) is 0. The predicted molar refractivity (Wildman–Crippen MR) is 50.4 cm³/mol. The van der Waals surface area contributed by atoms with Crippen molar-refractivity contribution in [2.24, 2.45) is 0 Å². The first-order valence-electron chi connectivity index (χ1n) is 4.31. The molecule has 0 amide bonds. The second kappa shape index (κ2) is 3.86. The number of rotatable bonds is 2. The van der Waals surface area contributed by atoms with Gasteiger partial charge in [-0.05, 0) is 30.5 Å². The Morgan fingerprint density at radius 2 is 1.86 bits per heavy atom. The fraction of sp³-hybridized carbons (Fsp3) is 0.273. The third-order valence-electron chi connectivity index (χ3n) is 2.04. The lowest BCUT2D eigenvalue weighted by molar-refractivity contribution is 0.487. The van der Waals surface area contributed by atoms with Gasteiger partial charge in [-0.3, -0.25) is 0 Å². The molecule has 0 saturated carbocycles. The fourth-order valence-corrected chi connectivity index (χ4v) is 1.29. The van der Waals surface area contributed by atoms with Gasteiger partial charge in [0.05, 0.1) is 5.56 Å². The van der Waals surface area contributed by atoms with Gasteiger partial charge in [-0.25, -0.2) is 13.2 Å². The summed E-state index contributed by atoms with van der Waals surface area (Å²) in [7, 11) is 0. The van der Waals surface area contributed by atoms with Crippen LogP contribution in [0.25, 0.3) is 5.57 Å². The van der Waals surface area contributed by atoms with E-state index in [0.717, 1.165) is 6.07 Å². The molecular weight excluding hydrogens is 189 g/mol. The first-order valence-corrected chi connectivity index (χ1v) is 4.31. The molecule has 0 heterocycles. The van der Waals surface area contributed by atoms with Crippen molar-refractivity contribution < 1.29 is 13.2 Å². The van der Waals surface area contributed by atoms with Crippen LogP contribution in [0.4, 0.5) is 13.2 Å². The minimum atomic E-state index is -1.16. The number of aryl methyl sites for hydroxylation is 1. The third-order valence-corrected chi connectivity index (χ3v) is 2.04. The van der Waals surface area contributed by atoms with Crippen molar-refractivity contribution in [3.05, 3.63) is 41.2 Å². The van der Waals surface area contributed by atoms with Gasteiger partial charge in [0, 0.05) is 0 Å². The van der Waals surface area contributed by atoms with Gasteiger partial charge in [-0.2, -0.15) is 0 Å². The van der Waals surface area contributed by atoms with Crippen molar-refractivity contribution in [3.8, 4) is 0 Å². The Morgan fingerprint density at radius 1 is 1.29 bits per heavy atom. The number of benzene rings is 1. The summed E-state index contributed by atoms with van der Waals surface area (Å²) in [6.45, 7) is 6.54. The number of hydrogen-bond donors (Lipinski definition) is 0. The highest BCUT2D eigenvalue weighted by Gasteiger charge is 2.17. The minimum Gasteiger partial charge on any atom is -0.206 e. The van der Waals surface area contributed by atoms with Gasteiger partial charge in [0.1, 0.15) is 5.82 Å². The largest absolute Gasteiger partial charge is 0.206 e. The molecule has 1 aromatic rings. The summed E-state index contributed by atoms with van der Waals surface area (Å²) in [5, 5.41) is 0. The van der Waals surface area contributed by atoms with E-state index in [1.807, 2.05) is 0 Å². The van der Waals surface area contributed by atoms with Crippen LogP contribution in [-0.4, -0.2) is 0 Å². The highest BCUT2D eigenvalue weighted by molar-refractivity contribution is 5.63. The van der Waals surface area contributed by atoms with E-state index < -0.39 is 17.5 Å². The molecule has 0 atom stereocenters. The lowest BCUT2D eigenvalue weighted by Gasteiger charge is -2.08. The molecule has 0 aliphatic rings. The lowest BCUT2D eigenvalue weighted by Crippen LogP contribution is -2.01. The van der Waals surface area contributed by atoms with Crippen LogP contribution in [0, 0.1) is 17.5 Å². The van der Waals surface area contributed by atoms with E-state index in [1.165, 1.54) is 6.92 Å². The number of allylic oxidation sites excluding steroid dienone is 1. The molecule has 0 N–H and O–H groups in total. The van der Waals surface area contributed by atoms with Gasteiger partial charge in [0.2, 0.25) is 0 Å². The third kappa shape index (κ3) is 1.67. The lowest BCUT2D eigenvalue weighted by atomic mass is 10.0. The maximum atomic E-state index is 13.5. The topological polar surface area (TPSA) is 0 Å². The number of halogens is 3. The van der Waals surface area contributed by atoms with E-state index in [4.69, 9.17) is 0 Å². The van der Waals surface area contributed by atoms with Crippen LogP contribution in [0.2, 0.25) is 0 Å². The van der Waals surface area contributed by atoms with Crippen LogP contribution in [0.1, 0.15) is 25.0 Å². The first kappa shape index (κ1) is 10.8. The van der Waals surface area contributed by atoms with Crippen LogP contribution < -0.4 is 0 Å². The van der Waals surface area contributed by atoms with E-state index in [2.05, 4.69) is 6.58 Å². The van der Waals surface area contributed by atoms with Crippen LogP contribution in [-0.2, 0) is 6.42 Å². The van der Waals surface area contributed by atoms with Crippen molar-refractivity contribution in [2.75, 3.05) is 0 Å². The molecule has 1 aromatic carbocycles. The summed E-state index contributed by atoms with van der Waals surface area (Å²) in [6.07, 6.45) is 0.323.